The number of hydrogen-bond donors (Lipinski definition) is 0. The van der Waals surface area contributed by atoms with Crippen LogP contribution in [0, 0.1) is 6.92 Å². The van der Waals surface area contributed by atoms with Gasteiger partial charge in [0.15, 0.2) is 0 Å². The number of aromatic nitrogens is 1. The lowest BCUT2D eigenvalue weighted by molar-refractivity contribution is 0.365. The smallest absolute Gasteiger partial charge is 0.0361 e. The predicted octanol–water partition coefficient (Wildman–Crippen LogP) is 32.3. The summed E-state index contributed by atoms with van der Waals surface area (Å²) in [5.41, 5.74) is 34.2. The van der Waals surface area contributed by atoms with E-state index in [4.69, 9.17) is 0 Å². The molecule has 0 fully saturated rings. The lowest BCUT2D eigenvalue weighted by Crippen LogP contribution is -2.27. The second kappa shape index (κ2) is 36.8. The number of aryl methyl sites for hydroxylation is 5. The number of rotatable bonds is 0. The van der Waals surface area contributed by atoms with Crippen LogP contribution in [0.5, 0.6) is 0 Å². The standard InChI is InChI=1S/C18H26.C18H22.C18H18.C16H25N.C15H24.C14H20.C14H16.CH4/c3*1-18(2,3)17-15-10-6-4-8-13(15)12-14-9-5-7-11-16(14)17;1-16(2,3)17-14-10-6-4-8-12(14)13-9-5-7-11-15(13)17;1-11-8-12(14(2,3)4)10-13(9-11)15(5,6)7;2*1-14(2,3)13-10-6-8-11-7-4-5-9-12(11)13;/h12H,4-11H2,1-3H3;4,6,8,10,12H,5,7,9,11H2,1-3H3;4-12H,1-3H3;4-11H2,1-3H3;8-10H,1-7H3;6,8,10H,4-5,7,9H2,1-3H3;4-10H,1-3H3;1H4. The Morgan fingerprint density at radius 3 is 0.965 bits per heavy atom. The van der Waals surface area contributed by atoms with Crippen molar-refractivity contribution in [2.75, 3.05) is 0 Å². The van der Waals surface area contributed by atoms with Crippen molar-refractivity contribution in [2.24, 2.45) is 0 Å². The van der Waals surface area contributed by atoms with Crippen LogP contribution in [0.1, 0.15) is 362 Å². The summed E-state index contributed by atoms with van der Waals surface area (Å²) in [6.45, 7) is 57.8. The first-order valence-corrected chi connectivity index (χ1v) is 45.2. The normalized spacial score (nSPS) is 15.5. The van der Waals surface area contributed by atoms with Gasteiger partial charge in [-0.15, -0.1) is 0 Å². The molecule has 1 nitrogen and oxygen atoms in total. The van der Waals surface area contributed by atoms with Crippen LogP contribution in [0.15, 0.2) is 170 Å². The molecular formula is C114H155N. The minimum Gasteiger partial charge on any atom is -0.343 e. The monoisotopic (exact) mass is 1540 g/mol. The maximum Gasteiger partial charge on any atom is 0.0361 e. The molecule has 17 rings (SSSR count). The number of hydrogen-bond acceptors (Lipinski definition) is 0. The van der Waals surface area contributed by atoms with Gasteiger partial charge >= 0.3 is 0 Å². The molecular weight excluding hydrogens is 1380 g/mol. The maximum atomic E-state index is 2.70. The highest BCUT2D eigenvalue weighted by molar-refractivity contribution is 6.03. The first-order valence-electron chi connectivity index (χ1n) is 45.2. The summed E-state index contributed by atoms with van der Waals surface area (Å²) in [5, 5.41) is 11.0. The van der Waals surface area contributed by atoms with Crippen molar-refractivity contribution in [3.8, 4) is 0 Å². The Bertz CT molecular complexity index is 4940. The van der Waals surface area contributed by atoms with Gasteiger partial charge in [0.1, 0.15) is 0 Å². The highest BCUT2D eigenvalue weighted by Crippen LogP contribution is 2.44. The van der Waals surface area contributed by atoms with Crippen LogP contribution in [0.25, 0.3) is 43.1 Å². The van der Waals surface area contributed by atoms with Gasteiger partial charge in [-0.1, -0.05) is 322 Å². The molecule has 0 amide bonds. The van der Waals surface area contributed by atoms with Crippen molar-refractivity contribution in [1.29, 1.82) is 0 Å². The summed E-state index contributed by atoms with van der Waals surface area (Å²) in [7, 11) is 0. The third-order valence-electron chi connectivity index (χ3n) is 25.4. The molecule has 0 spiro atoms. The van der Waals surface area contributed by atoms with Gasteiger partial charge in [-0.2, -0.15) is 0 Å². The van der Waals surface area contributed by atoms with Crippen LogP contribution in [0.4, 0.5) is 0 Å². The third kappa shape index (κ3) is 21.9. The van der Waals surface area contributed by atoms with E-state index in [2.05, 4.69) is 348 Å². The van der Waals surface area contributed by atoms with Crippen LogP contribution < -0.4 is 0 Å². The van der Waals surface area contributed by atoms with Crippen molar-refractivity contribution in [3.63, 3.8) is 0 Å². The van der Waals surface area contributed by atoms with E-state index in [1.807, 2.05) is 0 Å². The van der Waals surface area contributed by atoms with E-state index in [1.165, 1.54) is 225 Å². The van der Waals surface area contributed by atoms with E-state index in [-0.39, 0.29) is 40.0 Å². The summed E-state index contributed by atoms with van der Waals surface area (Å²) >= 11 is 0. The van der Waals surface area contributed by atoms with Crippen LogP contribution >= 0.6 is 0 Å². The fourth-order valence-electron chi connectivity index (χ4n) is 20.2. The molecule has 1 aromatic heterocycles. The molecule has 0 aliphatic heterocycles. The van der Waals surface area contributed by atoms with E-state index in [0.717, 1.165) is 0 Å². The summed E-state index contributed by atoms with van der Waals surface area (Å²) in [6, 6.07) is 62.5. The molecule has 11 aromatic rings. The van der Waals surface area contributed by atoms with E-state index < -0.39 is 0 Å². The zero-order valence-electron chi connectivity index (χ0n) is 76.6. The predicted molar refractivity (Wildman–Crippen MR) is 510 cm³/mol. The first kappa shape index (κ1) is 89.9. The summed E-state index contributed by atoms with van der Waals surface area (Å²) in [6.07, 6.45) is 32.4. The van der Waals surface area contributed by atoms with Gasteiger partial charge in [0, 0.05) is 16.9 Å². The number of fused-ring (bicyclic) bond motifs is 11. The second-order valence-corrected chi connectivity index (χ2v) is 43.2. The molecule has 616 valence electrons. The largest absolute Gasteiger partial charge is 0.343 e. The zero-order valence-corrected chi connectivity index (χ0v) is 76.6. The van der Waals surface area contributed by atoms with E-state index >= 15 is 0 Å². The average Bonchev–Trinajstić information content (AvgIpc) is 1.63. The van der Waals surface area contributed by atoms with Crippen LogP contribution in [-0.2, 0) is 120 Å². The van der Waals surface area contributed by atoms with Gasteiger partial charge in [-0.05, 0) is 363 Å². The molecule has 10 aromatic carbocycles. The van der Waals surface area contributed by atoms with Gasteiger partial charge in [-0.3, -0.25) is 0 Å². The molecule has 0 N–H and O–H groups in total. The van der Waals surface area contributed by atoms with Gasteiger partial charge < -0.3 is 4.57 Å². The molecule has 0 saturated heterocycles. The topological polar surface area (TPSA) is 4.93 Å². The molecule has 6 aliphatic rings. The van der Waals surface area contributed by atoms with Gasteiger partial charge in [-0.25, -0.2) is 0 Å². The Labute approximate surface area is 702 Å². The minimum absolute atomic E-state index is 0. The fraction of sp³-hybridized carbons (Fsp3) is 0.509. The Kier molecular flexibility index (Phi) is 28.8. The Morgan fingerprint density at radius 1 is 0.226 bits per heavy atom. The summed E-state index contributed by atoms with van der Waals surface area (Å²) in [4.78, 5) is 0. The van der Waals surface area contributed by atoms with Crippen molar-refractivity contribution in [2.45, 2.75) is 378 Å². The van der Waals surface area contributed by atoms with E-state index in [1.54, 1.807) is 83.7 Å². The van der Waals surface area contributed by atoms with Crippen LogP contribution in [0.3, 0.4) is 0 Å². The lowest BCUT2D eigenvalue weighted by atomic mass is 9.71. The SMILES string of the molecule is C.CC(C)(C)c1c2c(cc3c1CCCC3)CCCC2.CC(C)(C)c1c2c(cc3ccccc13)CCCC2.CC(C)(C)c1c2ccccc2cc2ccccc12.CC(C)(C)c1cccc2c1CCCC2.CC(C)(C)c1cccc2ccccc12.CC(C)(C)n1c2c(c3c1CCCC3)CCCC2.Cc1cc(C(C)(C)C)cc(C(C)(C)C)c1. The lowest BCUT2D eigenvalue weighted by Gasteiger charge is -2.34. The zero-order chi connectivity index (χ0) is 82.5. The number of benzene rings is 10. The van der Waals surface area contributed by atoms with E-state index in [0.29, 0.717) is 10.8 Å². The molecule has 0 radical (unpaired) electrons. The van der Waals surface area contributed by atoms with Crippen molar-refractivity contribution < 1.29 is 0 Å². The molecule has 1 heterocycles. The minimum atomic E-state index is 0. The molecule has 6 aliphatic carbocycles. The van der Waals surface area contributed by atoms with Crippen LogP contribution in [-0.4, -0.2) is 4.57 Å². The third-order valence-corrected chi connectivity index (χ3v) is 25.4. The Hall–Kier alpha value is -7.48. The highest BCUT2D eigenvalue weighted by Gasteiger charge is 2.33. The van der Waals surface area contributed by atoms with E-state index in [9.17, 15) is 0 Å². The molecule has 0 saturated carbocycles. The molecule has 0 unspecified atom stereocenters. The van der Waals surface area contributed by atoms with Crippen LogP contribution in [0.2, 0.25) is 0 Å². The van der Waals surface area contributed by atoms with Crippen molar-refractivity contribution in [1.82, 2.24) is 4.57 Å². The molecule has 115 heavy (non-hydrogen) atoms. The molecule has 0 bridgehead atoms. The quantitative estimate of drug-likeness (QED) is 0.133. The van der Waals surface area contributed by atoms with Gasteiger partial charge in [0.05, 0.1) is 0 Å². The van der Waals surface area contributed by atoms with Gasteiger partial charge in [0.25, 0.3) is 0 Å². The van der Waals surface area contributed by atoms with Crippen molar-refractivity contribution >= 4 is 43.1 Å². The average molecular weight is 1540 g/mol. The van der Waals surface area contributed by atoms with Gasteiger partial charge in [0.2, 0.25) is 0 Å². The summed E-state index contributed by atoms with van der Waals surface area (Å²) in [5.74, 6) is 0. The Morgan fingerprint density at radius 2 is 0.548 bits per heavy atom. The maximum absolute atomic E-state index is 2.70. The number of nitrogens with zero attached hydrogens (tertiary/aromatic N) is 1. The fourth-order valence-corrected chi connectivity index (χ4v) is 20.2. The first-order chi connectivity index (χ1) is 53.6. The Balaban J connectivity index is 0.000000142. The molecule has 0 atom stereocenters. The summed E-state index contributed by atoms with van der Waals surface area (Å²) < 4.78 is 2.70. The molecule has 1 heteroatoms. The second-order valence-electron chi connectivity index (χ2n) is 43.2. The van der Waals surface area contributed by atoms with Crippen molar-refractivity contribution in [3.05, 3.63) is 281 Å². The highest BCUT2D eigenvalue weighted by atomic mass is 15.1.